The molecule has 5 heteroatoms. The van der Waals surface area contributed by atoms with Crippen LogP contribution < -0.4 is 5.32 Å². The Hall–Kier alpha value is -0.430. The monoisotopic (exact) mass is 377 g/mol. The summed E-state index contributed by atoms with van der Waals surface area (Å²) in [6.07, 6.45) is 0. The zero-order valence-electron chi connectivity index (χ0n) is 10.8. The molecule has 0 saturated heterocycles. The van der Waals surface area contributed by atoms with Gasteiger partial charge in [-0.25, -0.2) is 0 Å². The fourth-order valence-electron chi connectivity index (χ4n) is 1.82. The summed E-state index contributed by atoms with van der Waals surface area (Å²) in [5.41, 5.74) is 1.31. The average Bonchev–Trinajstić information content (AvgIpc) is 2.73. The average molecular weight is 377 g/mol. The van der Waals surface area contributed by atoms with E-state index < -0.39 is 0 Å². The molecule has 1 aromatic carbocycles. The highest BCUT2D eigenvalue weighted by atomic mass is 127. The molecular weight excluding hydrogens is 357 g/mol. The van der Waals surface area contributed by atoms with Gasteiger partial charge >= 0.3 is 0 Å². The van der Waals surface area contributed by atoms with Gasteiger partial charge in [-0.15, -0.1) is 35.7 Å². The molecule has 0 radical (unpaired) electrons. The molecule has 1 aliphatic rings. The number of benzene rings is 1. The van der Waals surface area contributed by atoms with Gasteiger partial charge in [-0.3, -0.25) is 4.99 Å². The number of halogens is 1. The first-order valence-electron chi connectivity index (χ1n) is 6.01. The SMILES string of the molecule is CCSc1cccc(CNC2=NCCN2C)c1.I. The second kappa shape index (κ2) is 7.89. The molecule has 3 nitrogen and oxygen atoms in total. The van der Waals surface area contributed by atoms with E-state index in [1.54, 1.807) is 0 Å². The Morgan fingerprint density at radius 2 is 2.28 bits per heavy atom. The van der Waals surface area contributed by atoms with E-state index >= 15 is 0 Å². The summed E-state index contributed by atoms with van der Waals surface area (Å²) in [5.74, 6) is 2.13. The summed E-state index contributed by atoms with van der Waals surface area (Å²) in [7, 11) is 2.07. The summed E-state index contributed by atoms with van der Waals surface area (Å²) >= 11 is 1.88. The molecule has 1 aliphatic heterocycles. The highest BCUT2D eigenvalue weighted by Gasteiger charge is 2.11. The smallest absolute Gasteiger partial charge is 0.194 e. The van der Waals surface area contributed by atoms with Crippen molar-refractivity contribution >= 4 is 41.7 Å². The first-order chi connectivity index (χ1) is 8.29. The molecule has 0 spiro atoms. The van der Waals surface area contributed by atoms with Gasteiger partial charge in [-0.1, -0.05) is 19.1 Å². The molecule has 0 bridgehead atoms. The Bertz CT molecular complexity index is 409. The predicted molar refractivity (Wildman–Crippen MR) is 90.0 cm³/mol. The van der Waals surface area contributed by atoms with Gasteiger partial charge < -0.3 is 10.2 Å². The molecule has 0 aliphatic carbocycles. The number of aliphatic imine (C=N–C) groups is 1. The molecule has 0 unspecified atom stereocenters. The van der Waals surface area contributed by atoms with E-state index in [4.69, 9.17) is 0 Å². The number of rotatable bonds is 4. The molecule has 18 heavy (non-hydrogen) atoms. The minimum absolute atomic E-state index is 0. The van der Waals surface area contributed by atoms with E-state index in [9.17, 15) is 0 Å². The van der Waals surface area contributed by atoms with Crippen LogP contribution in [0.3, 0.4) is 0 Å². The van der Waals surface area contributed by atoms with E-state index in [0.717, 1.165) is 31.3 Å². The van der Waals surface area contributed by atoms with Crippen molar-refractivity contribution in [3.63, 3.8) is 0 Å². The number of hydrogen-bond donors (Lipinski definition) is 1. The van der Waals surface area contributed by atoms with Gasteiger partial charge in [0.15, 0.2) is 5.96 Å². The minimum Gasteiger partial charge on any atom is -0.352 e. The summed E-state index contributed by atoms with van der Waals surface area (Å²) in [4.78, 5) is 7.92. The topological polar surface area (TPSA) is 27.6 Å². The highest BCUT2D eigenvalue weighted by Crippen LogP contribution is 2.18. The highest BCUT2D eigenvalue weighted by molar-refractivity contribution is 14.0. The minimum atomic E-state index is 0. The quantitative estimate of drug-likeness (QED) is 0.646. The van der Waals surface area contributed by atoms with Gasteiger partial charge in [-0.05, 0) is 23.4 Å². The van der Waals surface area contributed by atoms with Gasteiger partial charge in [0.05, 0.1) is 6.54 Å². The lowest BCUT2D eigenvalue weighted by molar-refractivity contribution is 0.534. The van der Waals surface area contributed by atoms with Crippen molar-refractivity contribution in [2.75, 3.05) is 25.9 Å². The standard InChI is InChI=1S/C13H19N3S.HI/c1-3-17-12-6-4-5-11(9-12)10-15-13-14-7-8-16(13)2;/h4-6,9H,3,7-8,10H2,1-2H3,(H,14,15);1H. The van der Waals surface area contributed by atoms with Gasteiger partial charge in [0, 0.05) is 25.0 Å². The van der Waals surface area contributed by atoms with Gasteiger partial charge in [0.1, 0.15) is 0 Å². The largest absolute Gasteiger partial charge is 0.352 e. The second-order valence-corrected chi connectivity index (χ2v) is 5.40. The zero-order chi connectivity index (χ0) is 12.1. The number of guanidine groups is 1. The zero-order valence-corrected chi connectivity index (χ0v) is 14.0. The summed E-state index contributed by atoms with van der Waals surface area (Å²) < 4.78 is 0. The Balaban J connectivity index is 0.00000162. The molecule has 1 N–H and O–H groups in total. The molecule has 2 rings (SSSR count). The van der Waals surface area contributed by atoms with Crippen LogP contribution in [0.4, 0.5) is 0 Å². The molecule has 0 fully saturated rings. The van der Waals surface area contributed by atoms with Gasteiger partial charge in [0.2, 0.25) is 0 Å². The third kappa shape index (κ3) is 4.35. The van der Waals surface area contributed by atoms with Crippen LogP contribution in [0.5, 0.6) is 0 Å². The van der Waals surface area contributed by atoms with Crippen molar-refractivity contribution < 1.29 is 0 Å². The van der Waals surface area contributed by atoms with Crippen LogP contribution in [0, 0.1) is 0 Å². The lowest BCUT2D eigenvalue weighted by Gasteiger charge is -2.15. The van der Waals surface area contributed by atoms with Crippen molar-refractivity contribution in [3.8, 4) is 0 Å². The number of hydrogen-bond acceptors (Lipinski definition) is 4. The lowest BCUT2D eigenvalue weighted by atomic mass is 10.2. The maximum Gasteiger partial charge on any atom is 0.194 e. The molecule has 0 saturated carbocycles. The molecule has 100 valence electrons. The Morgan fingerprint density at radius 3 is 2.94 bits per heavy atom. The van der Waals surface area contributed by atoms with Gasteiger partial charge in [-0.2, -0.15) is 0 Å². The van der Waals surface area contributed by atoms with Crippen molar-refractivity contribution in [3.05, 3.63) is 29.8 Å². The fourth-order valence-corrected chi connectivity index (χ4v) is 2.56. The van der Waals surface area contributed by atoms with Crippen LogP contribution in [0.1, 0.15) is 12.5 Å². The number of likely N-dealkylation sites (N-methyl/N-ethyl adjacent to an activating group) is 1. The first-order valence-corrected chi connectivity index (χ1v) is 6.99. The van der Waals surface area contributed by atoms with Crippen LogP contribution in [-0.4, -0.2) is 36.7 Å². The molecule has 0 aromatic heterocycles. The molecule has 0 atom stereocenters. The molecule has 1 heterocycles. The van der Waals surface area contributed by atoms with E-state index in [1.165, 1.54) is 10.5 Å². The van der Waals surface area contributed by atoms with Crippen molar-refractivity contribution in [1.82, 2.24) is 10.2 Å². The van der Waals surface area contributed by atoms with Crippen LogP contribution >= 0.6 is 35.7 Å². The number of nitrogens with zero attached hydrogens (tertiary/aromatic N) is 2. The molecule has 1 aromatic rings. The van der Waals surface area contributed by atoms with Gasteiger partial charge in [0.25, 0.3) is 0 Å². The maximum atomic E-state index is 4.42. The Morgan fingerprint density at radius 1 is 1.44 bits per heavy atom. The third-order valence-corrected chi connectivity index (χ3v) is 3.59. The first kappa shape index (κ1) is 15.6. The van der Waals surface area contributed by atoms with Crippen LogP contribution in [0.25, 0.3) is 0 Å². The van der Waals surface area contributed by atoms with E-state index in [1.807, 2.05) is 11.8 Å². The number of thioether (sulfide) groups is 1. The summed E-state index contributed by atoms with van der Waals surface area (Å²) in [6.45, 7) is 4.96. The van der Waals surface area contributed by atoms with Crippen molar-refractivity contribution in [2.45, 2.75) is 18.4 Å². The predicted octanol–water partition coefficient (Wildman–Crippen LogP) is 2.81. The number of nitrogens with one attached hydrogen (secondary N) is 1. The molecular formula is C13H20IN3S. The summed E-state index contributed by atoms with van der Waals surface area (Å²) in [5, 5.41) is 3.38. The van der Waals surface area contributed by atoms with Crippen molar-refractivity contribution in [1.29, 1.82) is 0 Å². The maximum absolute atomic E-state index is 4.42. The Kier molecular flexibility index (Phi) is 6.85. The lowest BCUT2D eigenvalue weighted by Crippen LogP contribution is -2.35. The van der Waals surface area contributed by atoms with E-state index in [2.05, 4.69) is 53.4 Å². The fraction of sp³-hybridized carbons (Fsp3) is 0.462. The Labute approximate surface area is 130 Å². The van der Waals surface area contributed by atoms with Crippen LogP contribution in [0.15, 0.2) is 34.2 Å². The van der Waals surface area contributed by atoms with Crippen LogP contribution in [0.2, 0.25) is 0 Å². The van der Waals surface area contributed by atoms with E-state index in [0.29, 0.717) is 0 Å². The second-order valence-electron chi connectivity index (χ2n) is 4.06. The van der Waals surface area contributed by atoms with E-state index in [-0.39, 0.29) is 24.0 Å². The third-order valence-electron chi connectivity index (χ3n) is 2.72. The molecule has 0 amide bonds. The summed E-state index contributed by atoms with van der Waals surface area (Å²) in [6, 6.07) is 8.69. The van der Waals surface area contributed by atoms with Crippen molar-refractivity contribution in [2.24, 2.45) is 4.99 Å². The van der Waals surface area contributed by atoms with Crippen LogP contribution in [-0.2, 0) is 6.54 Å². The normalized spacial score (nSPS) is 14.1.